The van der Waals surface area contributed by atoms with E-state index < -0.39 is 0 Å². The predicted molar refractivity (Wildman–Crippen MR) is 115 cm³/mol. The Labute approximate surface area is 169 Å². The zero-order valence-electron chi connectivity index (χ0n) is 18.7. The average molecular weight is 369 g/mol. The molecule has 0 heterocycles. The van der Waals surface area contributed by atoms with Crippen molar-refractivity contribution in [2.45, 2.75) is 105 Å². The molecule has 0 aromatic carbocycles. The van der Waals surface area contributed by atoms with Crippen LogP contribution >= 0.6 is 0 Å². The van der Waals surface area contributed by atoms with Crippen molar-refractivity contribution in [3.05, 3.63) is 12.7 Å². The predicted octanol–water partition coefficient (Wildman–Crippen LogP) is 8.03. The van der Waals surface area contributed by atoms with E-state index in [0.717, 1.165) is 29.6 Å². The lowest BCUT2D eigenvalue weighted by molar-refractivity contribution is -0.155. The molecule has 152 valence electrons. The van der Waals surface area contributed by atoms with Gasteiger partial charge < -0.3 is 0 Å². The normalized spacial score (nSPS) is 56.4. The van der Waals surface area contributed by atoms with Crippen molar-refractivity contribution in [1.29, 1.82) is 0 Å². The summed E-state index contributed by atoms with van der Waals surface area (Å²) in [6, 6.07) is 0. The molecule has 0 radical (unpaired) electrons. The van der Waals surface area contributed by atoms with E-state index >= 15 is 0 Å². The third kappa shape index (κ3) is 2.23. The van der Waals surface area contributed by atoms with Gasteiger partial charge in [0.25, 0.3) is 0 Å². The molecule has 0 amide bonds. The van der Waals surface area contributed by atoms with E-state index in [1.807, 2.05) is 0 Å². The van der Waals surface area contributed by atoms with E-state index in [1.165, 1.54) is 51.4 Å². The van der Waals surface area contributed by atoms with Gasteiger partial charge >= 0.3 is 0 Å². The van der Waals surface area contributed by atoms with Crippen molar-refractivity contribution < 1.29 is 0 Å². The molecule has 0 nitrogen and oxygen atoms in total. The van der Waals surface area contributed by atoms with Crippen molar-refractivity contribution in [2.24, 2.45) is 51.2 Å². The Kier molecular flexibility index (Phi) is 4.09. The lowest BCUT2D eigenvalue weighted by Gasteiger charge is -2.64. The molecule has 0 aromatic rings. The molecular weight excluding hydrogens is 324 g/mol. The van der Waals surface area contributed by atoms with E-state index in [2.05, 4.69) is 40.3 Å². The van der Waals surface area contributed by atoms with Gasteiger partial charge in [0, 0.05) is 0 Å². The Hall–Kier alpha value is -0.260. The summed E-state index contributed by atoms with van der Waals surface area (Å²) >= 11 is 0. The summed E-state index contributed by atoms with van der Waals surface area (Å²) in [5.74, 6) is 4.86. The molecule has 5 rings (SSSR count). The summed E-state index contributed by atoms with van der Waals surface area (Å²) in [4.78, 5) is 0. The van der Waals surface area contributed by atoms with Gasteiger partial charge in [-0.2, -0.15) is 0 Å². The summed E-state index contributed by atoms with van der Waals surface area (Å²) in [5.41, 5.74) is 2.36. The van der Waals surface area contributed by atoms with Gasteiger partial charge in [0.05, 0.1) is 0 Å². The van der Waals surface area contributed by atoms with Gasteiger partial charge in [-0.3, -0.25) is 0 Å². The van der Waals surface area contributed by atoms with Gasteiger partial charge in [0.2, 0.25) is 0 Å². The summed E-state index contributed by atoms with van der Waals surface area (Å²) in [6.45, 7) is 14.9. The third-order valence-electron chi connectivity index (χ3n) is 12.0. The SMILES string of the molecule is C=CC12CCCC1C1CCC3C4(C)CCC(C)C(C)(C)C4CCC13CCC2. The van der Waals surface area contributed by atoms with Crippen LogP contribution in [0.1, 0.15) is 105 Å². The molecule has 0 heteroatoms. The Morgan fingerprint density at radius 3 is 2.30 bits per heavy atom. The van der Waals surface area contributed by atoms with Crippen LogP contribution in [-0.4, -0.2) is 0 Å². The van der Waals surface area contributed by atoms with E-state index in [4.69, 9.17) is 0 Å². The van der Waals surface area contributed by atoms with Crippen molar-refractivity contribution >= 4 is 0 Å². The van der Waals surface area contributed by atoms with E-state index in [9.17, 15) is 0 Å². The van der Waals surface area contributed by atoms with Crippen LogP contribution in [0.25, 0.3) is 0 Å². The molecule has 5 saturated carbocycles. The lowest BCUT2D eigenvalue weighted by Crippen LogP contribution is -2.57. The quantitative estimate of drug-likeness (QED) is 0.411. The smallest absolute Gasteiger partial charge is 0.00898 e. The second-order valence-electron chi connectivity index (χ2n) is 12.6. The van der Waals surface area contributed by atoms with Crippen molar-refractivity contribution in [3.8, 4) is 0 Å². The summed E-state index contributed by atoms with van der Waals surface area (Å²) < 4.78 is 0. The highest BCUT2D eigenvalue weighted by atomic mass is 14.7. The van der Waals surface area contributed by atoms with Crippen LogP contribution in [-0.2, 0) is 0 Å². The molecule has 5 aliphatic rings. The zero-order chi connectivity index (χ0) is 19.1. The summed E-state index contributed by atoms with van der Waals surface area (Å²) in [5, 5.41) is 0. The van der Waals surface area contributed by atoms with Crippen molar-refractivity contribution in [2.75, 3.05) is 0 Å². The minimum atomic E-state index is 0.515. The number of rotatable bonds is 1. The van der Waals surface area contributed by atoms with Crippen LogP contribution in [0.15, 0.2) is 12.7 Å². The highest BCUT2D eigenvalue weighted by Crippen LogP contribution is 2.75. The molecule has 0 aliphatic heterocycles. The van der Waals surface area contributed by atoms with Gasteiger partial charge in [-0.1, -0.05) is 46.6 Å². The molecule has 5 aliphatic carbocycles. The minimum Gasteiger partial charge on any atom is -0.103 e. The maximum Gasteiger partial charge on any atom is -0.00898 e. The zero-order valence-corrected chi connectivity index (χ0v) is 18.7. The Morgan fingerprint density at radius 2 is 1.52 bits per heavy atom. The maximum absolute atomic E-state index is 4.38. The number of hydrogen-bond donors (Lipinski definition) is 0. The summed E-state index contributed by atoms with van der Waals surface area (Å²) in [7, 11) is 0. The summed E-state index contributed by atoms with van der Waals surface area (Å²) in [6.07, 6.45) is 20.5. The van der Waals surface area contributed by atoms with Crippen LogP contribution in [0.2, 0.25) is 0 Å². The van der Waals surface area contributed by atoms with Gasteiger partial charge in [0.15, 0.2) is 0 Å². The first kappa shape index (κ1) is 18.7. The fourth-order valence-electron chi connectivity index (χ4n) is 10.5. The standard InChI is InChI=1S/C27H44/c1-6-26-14-7-9-20(26)21-10-11-23-25(5)17-12-19(2)24(3,4)22(25)13-18-27(21,23)16-8-15-26/h6,19-23H,1,7-18H2,2-5H3. The van der Waals surface area contributed by atoms with E-state index in [0.29, 0.717) is 21.7 Å². The number of hydrogen-bond acceptors (Lipinski definition) is 0. The van der Waals surface area contributed by atoms with Gasteiger partial charge in [0.1, 0.15) is 0 Å². The van der Waals surface area contributed by atoms with Crippen molar-refractivity contribution in [3.63, 3.8) is 0 Å². The topological polar surface area (TPSA) is 0 Å². The monoisotopic (exact) mass is 368 g/mol. The average Bonchev–Trinajstić information content (AvgIpc) is 3.19. The second kappa shape index (κ2) is 5.89. The fraction of sp³-hybridized carbons (Fsp3) is 0.926. The first-order valence-electron chi connectivity index (χ1n) is 12.4. The van der Waals surface area contributed by atoms with Crippen LogP contribution in [0.3, 0.4) is 0 Å². The largest absolute Gasteiger partial charge is 0.103 e. The first-order valence-corrected chi connectivity index (χ1v) is 12.4. The van der Waals surface area contributed by atoms with E-state index in [1.54, 1.807) is 25.7 Å². The second-order valence-corrected chi connectivity index (χ2v) is 12.6. The molecule has 0 N–H and O–H groups in total. The Bertz CT molecular complexity index is 616. The molecule has 5 fully saturated rings. The Morgan fingerprint density at radius 1 is 0.741 bits per heavy atom. The molecule has 1 spiro atoms. The number of allylic oxidation sites excluding steroid dienone is 1. The van der Waals surface area contributed by atoms with Gasteiger partial charge in [-0.25, -0.2) is 0 Å². The first-order chi connectivity index (χ1) is 12.8. The van der Waals surface area contributed by atoms with Crippen LogP contribution < -0.4 is 0 Å². The minimum absolute atomic E-state index is 0.515. The Balaban J connectivity index is 1.55. The lowest BCUT2D eigenvalue weighted by atomic mass is 9.40. The van der Waals surface area contributed by atoms with Gasteiger partial charge in [-0.15, -0.1) is 6.58 Å². The van der Waals surface area contributed by atoms with Crippen molar-refractivity contribution in [1.82, 2.24) is 0 Å². The highest BCUT2D eigenvalue weighted by Gasteiger charge is 2.67. The van der Waals surface area contributed by atoms with Crippen LogP contribution in [0.4, 0.5) is 0 Å². The molecular formula is C27H44. The van der Waals surface area contributed by atoms with Crippen LogP contribution in [0, 0.1) is 51.2 Å². The molecule has 0 aromatic heterocycles. The fourth-order valence-corrected chi connectivity index (χ4v) is 10.5. The molecule has 27 heavy (non-hydrogen) atoms. The third-order valence-corrected chi connectivity index (χ3v) is 12.0. The molecule has 8 atom stereocenters. The van der Waals surface area contributed by atoms with Gasteiger partial charge in [-0.05, 0) is 115 Å². The number of fused-ring (bicyclic) bond motifs is 4. The maximum atomic E-state index is 4.38. The van der Waals surface area contributed by atoms with E-state index in [-0.39, 0.29) is 0 Å². The molecule has 8 unspecified atom stereocenters. The molecule has 0 saturated heterocycles. The van der Waals surface area contributed by atoms with Crippen LogP contribution in [0.5, 0.6) is 0 Å². The molecule has 0 bridgehead atoms. The highest BCUT2D eigenvalue weighted by molar-refractivity contribution is 5.18.